The summed E-state index contributed by atoms with van der Waals surface area (Å²) in [5.74, 6) is -0.992. The molecule has 2 aliphatic heterocycles. The third-order valence-electron chi connectivity index (χ3n) is 5.72. The van der Waals surface area contributed by atoms with Gasteiger partial charge in [-0.15, -0.1) is 4.90 Å². The van der Waals surface area contributed by atoms with Crippen molar-refractivity contribution < 1.29 is 42.5 Å². The Bertz CT molecular complexity index is 1410. The summed E-state index contributed by atoms with van der Waals surface area (Å²) >= 11 is 0. The zero-order valence-corrected chi connectivity index (χ0v) is 19.9. The highest BCUT2D eigenvalue weighted by atomic mass is 16.7. The van der Waals surface area contributed by atoms with Crippen LogP contribution < -0.4 is 5.32 Å². The molecule has 1 unspecified atom stereocenters. The Hall–Kier alpha value is -4.65. The van der Waals surface area contributed by atoms with Crippen LogP contribution in [0, 0.1) is 6.92 Å². The molecule has 4 amide bonds. The number of carbonyl (C=O) groups excluding carboxylic acids is 4. The number of amides is 4. The standard InChI is InChI=1S/C24H21N5O8/c1-3-34-23(32)14-6-4-5-7-16(14)26-20(30)10-28-17-9-19-18(35-12-36-19)8-15(17)22(31)29(24(28)33)11-21-25-13(2)27-37-21/h4-9,18H,3,10-12H2,1-2H3/p+1. The molecular formula is C24H22N5O8+. The molecule has 5 rings (SSSR count). The van der Waals surface area contributed by atoms with Crippen molar-refractivity contribution in [1.82, 2.24) is 15.0 Å². The number of esters is 1. The van der Waals surface area contributed by atoms with Crippen molar-refractivity contribution in [3.8, 4) is 0 Å². The zero-order valence-electron chi connectivity index (χ0n) is 19.9. The average molecular weight is 508 g/mol. The summed E-state index contributed by atoms with van der Waals surface area (Å²) in [5, 5.41) is 6.34. The van der Waals surface area contributed by atoms with E-state index in [0.29, 0.717) is 11.6 Å². The second-order valence-electron chi connectivity index (χ2n) is 8.17. The second kappa shape index (κ2) is 9.78. The average Bonchev–Trinajstić information content (AvgIpc) is 3.52. The first-order valence-corrected chi connectivity index (χ1v) is 11.4. The largest absolute Gasteiger partial charge is 0.502 e. The van der Waals surface area contributed by atoms with Gasteiger partial charge in [-0.3, -0.25) is 4.79 Å². The zero-order chi connectivity index (χ0) is 26.1. The summed E-state index contributed by atoms with van der Waals surface area (Å²) in [7, 11) is 0. The molecule has 1 aromatic heterocycles. The molecule has 3 aliphatic rings. The van der Waals surface area contributed by atoms with Crippen LogP contribution in [0.15, 0.2) is 52.3 Å². The number of rotatable bonds is 7. The minimum atomic E-state index is -0.768. The fourth-order valence-electron chi connectivity index (χ4n) is 4.07. The summed E-state index contributed by atoms with van der Waals surface area (Å²) in [5.41, 5.74) is 0.743. The van der Waals surface area contributed by atoms with E-state index >= 15 is 0 Å². The van der Waals surface area contributed by atoms with E-state index in [-0.39, 0.29) is 48.4 Å². The number of allylic oxidation sites excluding steroid dienone is 1. The van der Waals surface area contributed by atoms with Gasteiger partial charge in [-0.25, -0.2) is 9.59 Å². The van der Waals surface area contributed by atoms with E-state index in [9.17, 15) is 19.2 Å². The molecule has 0 radical (unpaired) electrons. The lowest BCUT2D eigenvalue weighted by atomic mass is 9.97. The lowest BCUT2D eigenvalue weighted by Gasteiger charge is -2.24. The maximum atomic E-state index is 13.5. The van der Waals surface area contributed by atoms with E-state index in [2.05, 4.69) is 15.5 Å². The van der Waals surface area contributed by atoms with Crippen LogP contribution in [0.3, 0.4) is 0 Å². The van der Waals surface area contributed by atoms with Crippen molar-refractivity contribution in [2.45, 2.75) is 26.5 Å². The fraction of sp³-hybridized carbons (Fsp3) is 0.292. The number of para-hydroxylation sites is 1. The highest BCUT2D eigenvalue weighted by Gasteiger charge is 2.48. The van der Waals surface area contributed by atoms with Crippen LogP contribution in [0.25, 0.3) is 0 Å². The number of nitrogens with zero attached hydrogens (tertiary/aromatic N) is 4. The number of aryl methyl sites for hydroxylation is 1. The number of imide groups is 1. The predicted molar refractivity (Wildman–Crippen MR) is 123 cm³/mol. The Morgan fingerprint density at radius 3 is 2.84 bits per heavy atom. The van der Waals surface area contributed by atoms with Gasteiger partial charge in [0.2, 0.25) is 0 Å². The van der Waals surface area contributed by atoms with Crippen LogP contribution in [0.5, 0.6) is 0 Å². The summed E-state index contributed by atoms with van der Waals surface area (Å²) in [6.07, 6.45) is 2.46. The molecule has 1 aliphatic carbocycles. The molecule has 2 aromatic rings. The number of aromatic nitrogens is 2. The normalized spacial score (nSPS) is 18.5. The molecule has 3 heterocycles. The third kappa shape index (κ3) is 4.63. The number of hydrogen-bond donors (Lipinski definition) is 1. The monoisotopic (exact) mass is 508 g/mol. The molecule has 1 fully saturated rings. The van der Waals surface area contributed by atoms with E-state index in [4.69, 9.17) is 18.7 Å². The van der Waals surface area contributed by atoms with E-state index in [1.165, 1.54) is 12.1 Å². The highest BCUT2D eigenvalue weighted by molar-refractivity contribution is 6.29. The van der Waals surface area contributed by atoms with Gasteiger partial charge in [-0.2, -0.15) is 14.4 Å². The molecule has 1 atom stereocenters. The van der Waals surface area contributed by atoms with E-state index < -0.39 is 36.5 Å². The first-order valence-electron chi connectivity index (χ1n) is 11.4. The lowest BCUT2D eigenvalue weighted by Crippen LogP contribution is -2.53. The number of benzene rings is 1. The Morgan fingerprint density at radius 1 is 1.27 bits per heavy atom. The Balaban J connectivity index is 1.47. The molecule has 190 valence electrons. The van der Waals surface area contributed by atoms with Gasteiger partial charge in [-0.1, -0.05) is 17.3 Å². The second-order valence-corrected chi connectivity index (χ2v) is 8.17. The van der Waals surface area contributed by atoms with Crippen LogP contribution in [0.2, 0.25) is 0 Å². The smallest absolute Gasteiger partial charge is 0.469 e. The summed E-state index contributed by atoms with van der Waals surface area (Å²) < 4.78 is 22.2. The molecule has 37 heavy (non-hydrogen) atoms. The first kappa shape index (κ1) is 24.1. The lowest BCUT2D eigenvalue weighted by molar-refractivity contribution is -0.424. The van der Waals surface area contributed by atoms with E-state index in [1.807, 2.05) is 0 Å². The van der Waals surface area contributed by atoms with Crippen molar-refractivity contribution in [2.75, 3.05) is 25.3 Å². The highest BCUT2D eigenvalue weighted by Crippen LogP contribution is 2.29. The molecule has 0 spiro atoms. The molecule has 13 heteroatoms. The van der Waals surface area contributed by atoms with Crippen LogP contribution in [-0.4, -0.2) is 75.2 Å². The Labute approximate surface area is 210 Å². The van der Waals surface area contributed by atoms with Crippen LogP contribution in [0.4, 0.5) is 10.5 Å². The number of fused-ring (bicyclic) bond motifs is 2. The molecule has 13 nitrogen and oxygen atoms in total. The molecule has 0 bridgehead atoms. The number of ether oxygens (including phenoxy) is 3. The van der Waals surface area contributed by atoms with Gasteiger partial charge < -0.3 is 24.1 Å². The number of carbonyl (C=O) groups is 4. The first-order chi connectivity index (χ1) is 17.9. The number of nitrogens with one attached hydrogen (secondary N) is 1. The van der Waals surface area contributed by atoms with Crippen molar-refractivity contribution in [1.29, 1.82) is 0 Å². The van der Waals surface area contributed by atoms with Gasteiger partial charge in [0, 0.05) is 6.08 Å². The fourth-order valence-corrected chi connectivity index (χ4v) is 4.07. The van der Waals surface area contributed by atoms with Crippen LogP contribution in [-0.2, 0) is 30.3 Å². The summed E-state index contributed by atoms with van der Waals surface area (Å²) in [6, 6.07) is 5.59. The number of hydrogen-bond acceptors (Lipinski definition) is 10. The number of anilines is 1. The summed E-state index contributed by atoms with van der Waals surface area (Å²) in [4.78, 5) is 57.1. The van der Waals surface area contributed by atoms with Crippen molar-refractivity contribution in [3.05, 3.63) is 65.0 Å². The Morgan fingerprint density at radius 2 is 2.08 bits per heavy atom. The maximum absolute atomic E-state index is 13.5. The molecule has 1 N–H and O–H groups in total. The van der Waals surface area contributed by atoms with Gasteiger partial charge in [0.05, 0.1) is 17.9 Å². The number of urea groups is 1. The van der Waals surface area contributed by atoms with Gasteiger partial charge in [0.1, 0.15) is 23.1 Å². The third-order valence-corrected chi connectivity index (χ3v) is 5.72. The summed E-state index contributed by atoms with van der Waals surface area (Å²) in [6.45, 7) is 2.69. The molecular weight excluding hydrogens is 486 g/mol. The maximum Gasteiger partial charge on any atom is 0.502 e. The Kier molecular flexibility index (Phi) is 6.36. The van der Waals surface area contributed by atoms with Crippen LogP contribution >= 0.6 is 0 Å². The van der Waals surface area contributed by atoms with E-state index in [1.54, 1.807) is 38.1 Å². The minimum absolute atomic E-state index is 0.00813. The van der Waals surface area contributed by atoms with Gasteiger partial charge in [0.15, 0.2) is 25.7 Å². The van der Waals surface area contributed by atoms with E-state index in [0.717, 1.165) is 9.48 Å². The topological polar surface area (TPSA) is 153 Å². The predicted octanol–water partition coefficient (Wildman–Crippen LogP) is 1.31. The van der Waals surface area contributed by atoms with Gasteiger partial charge in [-0.05, 0) is 32.1 Å². The van der Waals surface area contributed by atoms with Crippen molar-refractivity contribution in [2.24, 2.45) is 0 Å². The quantitative estimate of drug-likeness (QED) is 0.428. The molecule has 1 saturated heterocycles. The van der Waals surface area contributed by atoms with Crippen molar-refractivity contribution >= 4 is 35.2 Å². The van der Waals surface area contributed by atoms with Gasteiger partial charge >= 0.3 is 17.9 Å². The van der Waals surface area contributed by atoms with Crippen LogP contribution in [0.1, 0.15) is 29.0 Å². The SMILES string of the molecule is CCOC(=O)c1ccccc1NC(=O)C[N+]1=C2C=C3OCOC3C=C2C(=O)N(Cc2nc(C)no2)C1=O. The van der Waals surface area contributed by atoms with Gasteiger partial charge in [0.25, 0.3) is 11.8 Å². The molecule has 0 saturated carbocycles. The van der Waals surface area contributed by atoms with Crippen molar-refractivity contribution in [3.63, 3.8) is 0 Å². The minimum Gasteiger partial charge on any atom is -0.469 e. The molecule has 1 aromatic carbocycles.